The van der Waals surface area contributed by atoms with Gasteiger partial charge in [0.25, 0.3) is 0 Å². The van der Waals surface area contributed by atoms with Crippen molar-refractivity contribution in [3.8, 4) is 11.4 Å². The minimum Gasteiger partial charge on any atom is -0.265 e. The number of rotatable bonds is 3. The highest BCUT2D eigenvalue weighted by Crippen LogP contribution is 2.22. The Kier molecular flexibility index (Phi) is 3.39. The molecule has 0 aliphatic rings. The molecule has 4 aromatic rings. The third kappa shape index (κ3) is 2.62. The zero-order valence-corrected chi connectivity index (χ0v) is 12.6. The van der Waals surface area contributed by atoms with Crippen LogP contribution in [0.3, 0.4) is 0 Å². The Bertz CT molecular complexity index is 990. The Hall–Kier alpha value is -2.93. The first-order valence-corrected chi connectivity index (χ1v) is 7.68. The molecule has 0 bridgehead atoms. The van der Waals surface area contributed by atoms with Gasteiger partial charge in [0, 0.05) is 23.5 Å². The van der Waals surface area contributed by atoms with Crippen LogP contribution in [0.1, 0.15) is 10.6 Å². The number of halogens is 1. The van der Waals surface area contributed by atoms with Crippen LogP contribution in [0.25, 0.3) is 28.5 Å². The fourth-order valence-electron chi connectivity index (χ4n) is 2.15. The molecule has 7 heteroatoms. The van der Waals surface area contributed by atoms with E-state index in [9.17, 15) is 4.39 Å². The number of pyridine rings is 1. The second-order valence-electron chi connectivity index (χ2n) is 4.75. The van der Waals surface area contributed by atoms with E-state index < -0.39 is 0 Å². The van der Waals surface area contributed by atoms with Crippen molar-refractivity contribution < 1.29 is 4.39 Å². The highest BCUT2D eigenvalue weighted by Gasteiger charge is 2.12. The van der Waals surface area contributed by atoms with Crippen molar-refractivity contribution in [3.63, 3.8) is 0 Å². The maximum Gasteiger partial charge on any atom is 0.235 e. The van der Waals surface area contributed by atoms with Crippen LogP contribution < -0.4 is 0 Å². The van der Waals surface area contributed by atoms with Gasteiger partial charge in [-0.05, 0) is 30.4 Å². The minimum absolute atomic E-state index is 0.260. The molecule has 3 aromatic heterocycles. The predicted molar refractivity (Wildman–Crippen MR) is 87.2 cm³/mol. The molecule has 23 heavy (non-hydrogen) atoms. The van der Waals surface area contributed by atoms with Crippen LogP contribution in [-0.4, -0.2) is 24.8 Å². The Morgan fingerprint density at radius 2 is 1.83 bits per heavy atom. The summed E-state index contributed by atoms with van der Waals surface area (Å²) in [6.07, 6.45) is 6.87. The maximum atomic E-state index is 13.6. The second-order valence-corrected chi connectivity index (χ2v) is 5.74. The molecule has 0 fully saturated rings. The summed E-state index contributed by atoms with van der Waals surface area (Å²) in [6.45, 7) is 0. The number of hydrogen-bond acceptors (Lipinski definition) is 5. The van der Waals surface area contributed by atoms with Crippen LogP contribution in [0.4, 0.5) is 4.39 Å². The zero-order valence-electron chi connectivity index (χ0n) is 11.8. The van der Waals surface area contributed by atoms with Gasteiger partial charge in [-0.25, -0.2) is 4.39 Å². The molecule has 0 N–H and O–H groups in total. The summed E-state index contributed by atoms with van der Waals surface area (Å²) in [7, 11) is 0. The average molecular weight is 323 g/mol. The van der Waals surface area contributed by atoms with E-state index in [2.05, 4.69) is 20.3 Å². The van der Waals surface area contributed by atoms with Crippen molar-refractivity contribution in [3.05, 3.63) is 65.2 Å². The van der Waals surface area contributed by atoms with Crippen molar-refractivity contribution in [1.29, 1.82) is 0 Å². The topological polar surface area (TPSA) is 56.0 Å². The van der Waals surface area contributed by atoms with E-state index >= 15 is 0 Å². The van der Waals surface area contributed by atoms with Crippen molar-refractivity contribution in [1.82, 2.24) is 24.8 Å². The number of hydrogen-bond donors (Lipinski definition) is 0. The molecule has 0 saturated carbocycles. The van der Waals surface area contributed by atoms with Gasteiger partial charge >= 0.3 is 0 Å². The van der Waals surface area contributed by atoms with E-state index in [1.54, 1.807) is 47.3 Å². The lowest BCUT2D eigenvalue weighted by Gasteiger charge is -1.95. The van der Waals surface area contributed by atoms with E-state index in [0.29, 0.717) is 16.3 Å². The van der Waals surface area contributed by atoms with Crippen LogP contribution in [0.5, 0.6) is 0 Å². The van der Waals surface area contributed by atoms with Gasteiger partial charge in [-0.3, -0.25) is 4.98 Å². The molecule has 3 heterocycles. The van der Waals surface area contributed by atoms with Gasteiger partial charge in [-0.1, -0.05) is 29.5 Å². The lowest BCUT2D eigenvalue weighted by atomic mass is 10.2. The van der Waals surface area contributed by atoms with Crippen molar-refractivity contribution in [2.24, 2.45) is 0 Å². The Morgan fingerprint density at radius 1 is 1.00 bits per heavy atom. The molecule has 0 amide bonds. The first-order chi connectivity index (χ1) is 11.3. The van der Waals surface area contributed by atoms with E-state index in [0.717, 1.165) is 10.6 Å². The molecule has 0 saturated heterocycles. The first kappa shape index (κ1) is 13.7. The Morgan fingerprint density at radius 3 is 2.65 bits per heavy atom. The smallest absolute Gasteiger partial charge is 0.235 e. The lowest BCUT2D eigenvalue weighted by Crippen LogP contribution is -1.90. The fraction of sp³-hybridized carbons (Fsp3) is 0. The van der Waals surface area contributed by atoms with E-state index in [1.807, 2.05) is 12.1 Å². The van der Waals surface area contributed by atoms with Gasteiger partial charge in [-0.15, -0.1) is 10.2 Å². The molecule has 0 unspecified atom stereocenters. The highest BCUT2D eigenvalue weighted by atomic mass is 32.1. The molecule has 4 rings (SSSR count). The monoisotopic (exact) mass is 323 g/mol. The van der Waals surface area contributed by atoms with Crippen LogP contribution in [0.15, 0.2) is 48.8 Å². The number of aromatic nitrogens is 5. The highest BCUT2D eigenvalue weighted by molar-refractivity contribution is 7.17. The minimum atomic E-state index is -0.260. The van der Waals surface area contributed by atoms with E-state index in [-0.39, 0.29) is 5.82 Å². The zero-order chi connectivity index (χ0) is 15.6. The molecule has 0 aliphatic heterocycles. The van der Waals surface area contributed by atoms with E-state index in [1.165, 1.54) is 17.4 Å². The van der Waals surface area contributed by atoms with Crippen molar-refractivity contribution in [2.75, 3.05) is 0 Å². The summed E-state index contributed by atoms with van der Waals surface area (Å²) in [6, 6.07) is 10.3. The van der Waals surface area contributed by atoms with Crippen LogP contribution in [0.2, 0.25) is 0 Å². The van der Waals surface area contributed by atoms with Crippen LogP contribution in [0, 0.1) is 5.82 Å². The molecular weight excluding hydrogens is 313 g/mol. The second kappa shape index (κ2) is 5.69. The SMILES string of the molecule is Fc1ccccc1C=Cc1nn2c(-c3ccncc3)nnc2s1. The molecule has 0 atom stereocenters. The molecular formula is C16H10FN5S. The van der Waals surface area contributed by atoms with Gasteiger partial charge in [-0.2, -0.15) is 9.61 Å². The predicted octanol–water partition coefficient (Wildman–Crippen LogP) is 3.56. The van der Waals surface area contributed by atoms with Gasteiger partial charge in [0.15, 0.2) is 5.82 Å². The standard InChI is InChI=1S/C16H10FN5S/c17-13-4-2-1-3-11(13)5-6-14-21-22-15(19-20-16(22)23-14)12-7-9-18-10-8-12/h1-10H. The summed E-state index contributed by atoms with van der Waals surface area (Å²) in [5.41, 5.74) is 1.41. The van der Waals surface area contributed by atoms with Crippen LogP contribution in [-0.2, 0) is 0 Å². The lowest BCUT2D eigenvalue weighted by molar-refractivity contribution is 0.625. The van der Waals surface area contributed by atoms with Gasteiger partial charge in [0.2, 0.25) is 4.96 Å². The number of fused-ring (bicyclic) bond motifs is 1. The van der Waals surface area contributed by atoms with Crippen LogP contribution >= 0.6 is 11.3 Å². The molecule has 0 aliphatic carbocycles. The Labute approximate surface area is 134 Å². The molecule has 0 spiro atoms. The summed E-state index contributed by atoms with van der Waals surface area (Å²) in [5, 5.41) is 13.5. The van der Waals surface area contributed by atoms with Gasteiger partial charge < -0.3 is 0 Å². The summed E-state index contributed by atoms with van der Waals surface area (Å²) >= 11 is 1.39. The van der Waals surface area contributed by atoms with Crippen molar-refractivity contribution in [2.45, 2.75) is 0 Å². The van der Waals surface area contributed by atoms with Crippen molar-refractivity contribution >= 4 is 28.4 Å². The van der Waals surface area contributed by atoms with Gasteiger partial charge in [0.1, 0.15) is 10.8 Å². The van der Waals surface area contributed by atoms with E-state index in [4.69, 9.17) is 0 Å². The maximum absolute atomic E-state index is 13.6. The third-order valence-corrected chi connectivity index (χ3v) is 4.12. The Balaban J connectivity index is 1.71. The normalized spacial score (nSPS) is 11.5. The molecule has 1 aromatic carbocycles. The fourth-order valence-corrected chi connectivity index (χ4v) is 2.89. The summed E-state index contributed by atoms with van der Waals surface area (Å²) in [5.74, 6) is 0.397. The third-order valence-electron chi connectivity index (χ3n) is 3.26. The molecule has 0 radical (unpaired) electrons. The summed E-state index contributed by atoms with van der Waals surface area (Å²) in [4.78, 5) is 4.68. The summed E-state index contributed by atoms with van der Waals surface area (Å²) < 4.78 is 15.3. The average Bonchev–Trinajstić information content (AvgIpc) is 3.15. The number of benzene rings is 1. The number of nitrogens with zero attached hydrogens (tertiary/aromatic N) is 5. The largest absolute Gasteiger partial charge is 0.265 e. The first-order valence-electron chi connectivity index (χ1n) is 6.86. The quantitative estimate of drug-likeness (QED) is 0.578. The van der Waals surface area contributed by atoms with Gasteiger partial charge in [0.05, 0.1) is 0 Å². The molecule has 5 nitrogen and oxygen atoms in total. The molecule has 112 valence electrons.